The summed E-state index contributed by atoms with van der Waals surface area (Å²) in [5.41, 5.74) is 0.649. The van der Waals surface area contributed by atoms with Gasteiger partial charge in [-0.05, 0) is 12.1 Å². The summed E-state index contributed by atoms with van der Waals surface area (Å²) in [5, 5.41) is 15.2. The first-order valence-electron chi connectivity index (χ1n) is 5.83. The number of amides is 2. The van der Waals surface area contributed by atoms with Crippen molar-refractivity contribution < 1.29 is 9.90 Å². The Hall–Kier alpha value is -2.61. The van der Waals surface area contributed by atoms with Crippen LogP contribution in [-0.4, -0.2) is 26.1 Å². The molecule has 2 amide bonds. The van der Waals surface area contributed by atoms with E-state index in [4.69, 9.17) is 0 Å². The molecular weight excluding hydrogens is 278 g/mol. The number of fused-ring (bicyclic) bond motifs is 1. The maximum Gasteiger partial charge on any atom is 0.321 e. The van der Waals surface area contributed by atoms with Gasteiger partial charge in [-0.2, -0.15) is 0 Å². The molecule has 4 N–H and O–H groups in total. The topological polar surface area (TPSA) is 103 Å². The summed E-state index contributed by atoms with van der Waals surface area (Å²) < 4.78 is 0.893. The summed E-state index contributed by atoms with van der Waals surface area (Å²) in [6.07, 6.45) is 3.31. The number of anilines is 1. The van der Waals surface area contributed by atoms with E-state index >= 15 is 0 Å². The molecule has 0 saturated carbocycles. The summed E-state index contributed by atoms with van der Waals surface area (Å²) >= 11 is 1.34. The van der Waals surface area contributed by atoms with E-state index in [1.807, 2.05) is 0 Å². The van der Waals surface area contributed by atoms with E-state index in [9.17, 15) is 9.90 Å². The zero-order valence-corrected chi connectivity index (χ0v) is 11.1. The minimum atomic E-state index is -0.357. The van der Waals surface area contributed by atoms with Crippen molar-refractivity contribution in [3.05, 3.63) is 36.4 Å². The largest absolute Gasteiger partial charge is 0.508 e. The first kappa shape index (κ1) is 12.4. The fourth-order valence-electron chi connectivity index (χ4n) is 1.67. The third-order valence-corrected chi connectivity index (χ3v) is 3.51. The average molecular weight is 289 g/mol. The van der Waals surface area contributed by atoms with Crippen LogP contribution in [0.5, 0.6) is 5.75 Å². The molecule has 8 heteroatoms. The number of phenols is 1. The number of phenolic OH excluding ortho intramolecular Hbond substituents is 1. The molecule has 0 aliphatic carbocycles. The highest BCUT2D eigenvalue weighted by Gasteiger charge is 2.08. The number of hydrogen-bond acceptors (Lipinski definition) is 5. The number of thiazole rings is 1. The van der Waals surface area contributed by atoms with Gasteiger partial charge in [0.05, 0.1) is 16.8 Å². The minimum Gasteiger partial charge on any atom is -0.508 e. The number of carbonyl (C=O) groups excluding carboxylic acids is 1. The van der Waals surface area contributed by atoms with Gasteiger partial charge in [-0.15, -0.1) is 0 Å². The molecule has 20 heavy (non-hydrogen) atoms. The van der Waals surface area contributed by atoms with Crippen LogP contribution in [0.1, 0.15) is 5.82 Å². The van der Waals surface area contributed by atoms with Gasteiger partial charge in [0, 0.05) is 18.5 Å². The number of nitrogens with one attached hydrogen (secondary N) is 3. The number of urea groups is 1. The standard InChI is InChI=1S/C12H11N5O2S/c18-7-1-2-9-8(5-7)16-12(20-9)17-11(19)15-6-10-13-3-4-14-10/h1-5,18H,6H2,(H,13,14)(H2,15,16,17,19). The normalized spacial score (nSPS) is 10.6. The summed E-state index contributed by atoms with van der Waals surface area (Å²) in [7, 11) is 0. The van der Waals surface area contributed by atoms with Gasteiger partial charge >= 0.3 is 6.03 Å². The van der Waals surface area contributed by atoms with E-state index < -0.39 is 0 Å². The lowest BCUT2D eigenvalue weighted by atomic mass is 10.3. The van der Waals surface area contributed by atoms with Gasteiger partial charge in [0.2, 0.25) is 0 Å². The number of aromatic hydroxyl groups is 1. The smallest absolute Gasteiger partial charge is 0.321 e. The van der Waals surface area contributed by atoms with E-state index in [1.165, 1.54) is 11.3 Å². The number of H-pyrrole nitrogens is 1. The third-order valence-electron chi connectivity index (χ3n) is 2.56. The molecule has 0 radical (unpaired) electrons. The minimum absolute atomic E-state index is 0.150. The number of imidazole rings is 1. The van der Waals surface area contributed by atoms with Crippen molar-refractivity contribution in [3.8, 4) is 5.75 Å². The Labute approximate surface area is 117 Å². The van der Waals surface area contributed by atoms with Crippen LogP contribution >= 0.6 is 11.3 Å². The second kappa shape index (κ2) is 5.17. The van der Waals surface area contributed by atoms with Gasteiger partial charge in [0.25, 0.3) is 0 Å². The molecule has 0 unspecified atom stereocenters. The number of hydrogen-bond donors (Lipinski definition) is 4. The van der Waals surface area contributed by atoms with Crippen molar-refractivity contribution in [2.45, 2.75) is 6.54 Å². The molecule has 2 aromatic heterocycles. The number of rotatable bonds is 3. The summed E-state index contributed by atoms with van der Waals surface area (Å²) in [5.74, 6) is 0.825. The lowest BCUT2D eigenvalue weighted by Crippen LogP contribution is -2.28. The monoisotopic (exact) mass is 289 g/mol. The second-order valence-corrected chi connectivity index (χ2v) is 5.05. The van der Waals surface area contributed by atoms with Gasteiger partial charge in [0.15, 0.2) is 5.13 Å². The molecule has 1 aromatic carbocycles. The third kappa shape index (κ3) is 2.69. The molecule has 0 spiro atoms. The molecule has 0 aliphatic rings. The van der Waals surface area contributed by atoms with Crippen LogP contribution in [0, 0.1) is 0 Å². The number of aromatic amines is 1. The first-order valence-corrected chi connectivity index (χ1v) is 6.65. The molecule has 0 aliphatic heterocycles. The van der Waals surface area contributed by atoms with Crippen molar-refractivity contribution in [2.24, 2.45) is 0 Å². The van der Waals surface area contributed by atoms with Gasteiger partial charge in [0.1, 0.15) is 11.6 Å². The molecule has 0 fully saturated rings. The Balaban J connectivity index is 1.65. The van der Waals surface area contributed by atoms with E-state index in [2.05, 4.69) is 25.6 Å². The molecule has 2 heterocycles. The van der Waals surface area contributed by atoms with Crippen molar-refractivity contribution in [2.75, 3.05) is 5.32 Å². The molecular formula is C12H11N5O2S. The molecule has 7 nitrogen and oxygen atoms in total. The molecule has 0 saturated heterocycles. The molecule has 102 valence electrons. The number of nitrogens with zero attached hydrogens (tertiary/aromatic N) is 2. The SMILES string of the molecule is O=C(NCc1ncc[nH]1)Nc1nc2cc(O)ccc2s1. The fourth-order valence-corrected chi connectivity index (χ4v) is 2.51. The van der Waals surface area contributed by atoms with Crippen LogP contribution in [0.15, 0.2) is 30.6 Å². The summed E-state index contributed by atoms with van der Waals surface area (Å²) in [4.78, 5) is 22.8. The van der Waals surface area contributed by atoms with Crippen LogP contribution in [0.2, 0.25) is 0 Å². The van der Waals surface area contributed by atoms with E-state index in [-0.39, 0.29) is 11.8 Å². The van der Waals surface area contributed by atoms with Gasteiger partial charge < -0.3 is 15.4 Å². The number of aromatic nitrogens is 3. The lowest BCUT2D eigenvalue weighted by molar-refractivity contribution is 0.251. The van der Waals surface area contributed by atoms with Crippen molar-refractivity contribution in [1.29, 1.82) is 0 Å². The summed E-state index contributed by atoms with van der Waals surface area (Å²) in [6, 6.07) is 4.54. The Bertz CT molecular complexity index is 737. The number of carbonyl (C=O) groups is 1. The van der Waals surface area contributed by atoms with Gasteiger partial charge in [-0.25, -0.2) is 14.8 Å². The molecule has 3 aromatic rings. The zero-order valence-electron chi connectivity index (χ0n) is 10.3. The maximum atomic E-state index is 11.7. The Morgan fingerprint density at radius 2 is 2.35 bits per heavy atom. The molecule has 0 bridgehead atoms. The van der Waals surface area contributed by atoms with Crippen LogP contribution in [-0.2, 0) is 6.54 Å². The fraction of sp³-hybridized carbons (Fsp3) is 0.0833. The van der Waals surface area contributed by atoms with Crippen LogP contribution in [0.4, 0.5) is 9.93 Å². The van der Waals surface area contributed by atoms with Gasteiger partial charge in [-0.3, -0.25) is 5.32 Å². The summed E-state index contributed by atoms with van der Waals surface area (Å²) in [6.45, 7) is 0.310. The Morgan fingerprint density at radius 1 is 1.45 bits per heavy atom. The highest BCUT2D eigenvalue weighted by Crippen LogP contribution is 2.28. The number of benzene rings is 1. The predicted molar refractivity (Wildman–Crippen MR) is 75.7 cm³/mol. The highest BCUT2D eigenvalue weighted by atomic mass is 32.1. The van der Waals surface area contributed by atoms with Crippen LogP contribution < -0.4 is 10.6 Å². The van der Waals surface area contributed by atoms with E-state index in [0.29, 0.717) is 23.0 Å². The molecule has 0 atom stereocenters. The van der Waals surface area contributed by atoms with Crippen molar-refractivity contribution >= 4 is 32.7 Å². The van der Waals surface area contributed by atoms with Gasteiger partial charge in [-0.1, -0.05) is 11.3 Å². The van der Waals surface area contributed by atoms with E-state index in [1.54, 1.807) is 30.6 Å². The second-order valence-electron chi connectivity index (χ2n) is 4.01. The maximum absolute atomic E-state index is 11.7. The lowest BCUT2D eigenvalue weighted by Gasteiger charge is -2.02. The quantitative estimate of drug-likeness (QED) is 0.592. The van der Waals surface area contributed by atoms with Crippen molar-refractivity contribution in [1.82, 2.24) is 20.3 Å². The van der Waals surface area contributed by atoms with Crippen molar-refractivity contribution in [3.63, 3.8) is 0 Å². The average Bonchev–Trinajstić information content (AvgIpc) is 3.04. The zero-order chi connectivity index (χ0) is 13.9. The Morgan fingerprint density at radius 3 is 3.15 bits per heavy atom. The Kier molecular flexibility index (Phi) is 3.21. The first-order chi connectivity index (χ1) is 9.70. The van der Waals surface area contributed by atoms with Crippen LogP contribution in [0.3, 0.4) is 0 Å². The molecule has 3 rings (SSSR count). The van der Waals surface area contributed by atoms with E-state index in [0.717, 1.165) is 4.70 Å². The highest BCUT2D eigenvalue weighted by molar-refractivity contribution is 7.22. The predicted octanol–water partition coefficient (Wildman–Crippen LogP) is 2.05. The van der Waals surface area contributed by atoms with Crippen LogP contribution in [0.25, 0.3) is 10.2 Å².